The van der Waals surface area contributed by atoms with Gasteiger partial charge in [0.15, 0.2) is 0 Å². The minimum absolute atomic E-state index is 0.126. The van der Waals surface area contributed by atoms with Crippen LogP contribution in [-0.2, 0) is 19.1 Å². The number of ether oxygens (including phenoxy) is 2. The van der Waals surface area contributed by atoms with E-state index in [1.807, 2.05) is 53.3 Å². The number of thioether (sulfide) groups is 1. The average molecular weight is 627 g/mol. The molecule has 0 aliphatic heterocycles. The summed E-state index contributed by atoms with van der Waals surface area (Å²) in [6.45, 7) is 50.5. The number of hydrogen-bond donors (Lipinski definition) is 0. The predicted octanol–water partition coefficient (Wildman–Crippen LogP) is 11.4. The van der Waals surface area contributed by atoms with Crippen molar-refractivity contribution in [1.82, 2.24) is 0 Å². The van der Waals surface area contributed by atoms with Crippen LogP contribution in [0.15, 0.2) is 0 Å². The first kappa shape index (κ1) is 42.3. The number of hydrogen-bond acceptors (Lipinski definition) is 5. The van der Waals surface area contributed by atoms with Crippen molar-refractivity contribution in [3.05, 3.63) is 0 Å². The summed E-state index contributed by atoms with van der Waals surface area (Å²) in [6, 6.07) is 0. The van der Waals surface area contributed by atoms with Crippen LogP contribution in [0.2, 0.25) is 0 Å². The summed E-state index contributed by atoms with van der Waals surface area (Å²) in [4.78, 5) is 26.8. The second-order valence-electron chi connectivity index (χ2n) is 18.4. The highest BCUT2D eigenvalue weighted by atomic mass is 32.2. The highest BCUT2D eigenvalue weighted by Crippen LogP contribution is 2.69. The van der Waals surface area contributed by atoms with Crippen molar-refractivity contribution in [1.29, 1.82) is 0 Å². The molecule has 0 spiro atoms. The molecule has 0 aliphatic rings. The summed E-state index contributed by atoms with van der Waals surface area (Å²) in [5, 5.41) is 0. The Labute approximate surface area is 273 Å². The van der Waals surface area contributed by atoms with Gasteiger partial charge in [-0.1, -0.05) is 125 Å². The van der Waals surface area contributed by atoms with Gasteiger partial charge in [0.05, 0.1) is 24.0 Å². The molecule has 0 unspecified atom stereocenters. The summed E-state index contributed by atoms with van der Waals surface area (Å²) >= 11 is 2.04. The van der Waals surface area contributed by atoms with Gasteiger partial charge in [-0.2, -0.15) is 0 Å². The van der Waals surface area contributed by atoms with Gasteiger partial charge in [0.2, 0.25) is 0 Å². The number of carbonyl (C=O) groups is 2. The molecule has 0 aromatic rings. The molecule has 43 heavy (non-hydrogen) atoms. The van der Waals surface area contributed by atoms with E-state index in [4.69, 9.17) is 9.47 Å². The van der Waals surface area contributed by atoms with Gasteiger partial charge >= 0.3 is 11.9 Å². The highest BCUT2D eigenvalue weighted by molar-refractivity contribution is 8.02. The van der Waals surface area contributed by atoms with Crippen molar-refractivity contribution in [2.75, 3.05) is 13.2 Å². The van der Waals surface area contributed by atoms with Gasteiger partial charge in [-0.3, -0.25) is 9.59 Å². The minimum Gasteiger partial charge on any atom is -0.465 e. The molecule has 0 atom stereocenters. The van der Waals surface area contributed by atoms with Crippen LogP contribution in [0.5, 0.6) is 0 Å². The largest absolute Gasteiger partial charge is 0.465 e. The third-order valence-corrected chi connectivity index (χ3v) is 16.8. The lowest BCUT2D eigenvalue weighted by atomic mass is 9.45. The molecule has 0 saturated heterocycles. The van der Waals surface area contributed by atoms with E-state index in [1.54, 1.807) is 0 Å². The summed E-state index contributed by atoms with van der Waals surface area (Å²) in [5.41, 5.74) is -3.03. The van der Waals surface area contributed by atoms with Crippen molar-refractivity contribution < 1.29 is 19.1 Å². The quantitative estimate of drug-likeness (QED) is 0.160. The summed E-state index contributed by atoms with van der Waals surface area (Å²) in [5.74, 6) is -0.251. The first-order valence-electron chi connectivity index (χ1n) is 16.7. The fraction of sp³-hybridized carbons (Fsp3) is 0.947. The van der Waals surface area contributed by atoms with E-state index in [0.29, 0.717) is 13.2 Å². The zero-order chi connectivity index (χ0) is 35.1. The van der Waals surface area contributed by atoms with Crippen LogP contribution in [0.1, 0.15) is 165 Å². The molecule has 0 aromatic carbocycles. The number of rotatable bonds is 16. The van der Waals surface area contributed by atoms with Gasteiger partial charge in [-0.25, -0.2) is 0 Å². The highest BCUT2D eigenvalue weighted by Gasteiger charge is 2.65. The molecule has 0 radical (unpaired) electrons. The zero-order valence-corrected chi connectivity index (χ0v) is 33.7. The normalized spacial score (nSPS) is 15.4. The van der Waals surface area contributed by atoms with Gasteiger partial charge in [0, 0.05) is 9.49 Å². The fourth-order valence-electron chi connectivity index (χ4n) is 6.78. The second kappa shape index (κ2) is 12.8. The van der Waals surface area contributed by atoms with Gasteiger partial charge in [0.25, 0.3) is 0 Å². The number of carbonyl (C=O) groups excluding carboxylic acids is 2. The Balaban J connectivity index is 6.77. The molecular weight excluding hydrogens is 552 g/mol. The Hall–Kier alpha value is -0.710. The molecule has 0 saturated carbocycles. The predicted molar refractivity (Wildman–Crippen MR) is 188 cm³/mol. The van der Waals surface area contributed by atoms with Gasteiger partial charge in [0.1, 0.15) is 0 Å². The van der Waals surface area contributed by atoms with Gasteiger partial charge in [-0.05, 0) is 73.0 Å². The summed E-state index contributed by atoms with van der Waals surface area (Å²) in [7, 11) is 0. The Bertz CT molecular complexity index is 896. The van der Waals surface area contributed by atoms with Crippen molar-refractivity contribution in [3.8, 4) is 0 Å². The van der Waals surface area contributed by atoms with E-state index in [9.17, 15) is 9.59 Å². The van der Waals surface area contributed by atoms with E-state index in [2.05, 4.69) is 111 Å². The topological polar surface area (TPSA) is 52.6 Å². The first-order valence-corrected chi connectivity index (χ1v) is 17.5. The maximum absolute atomic E-state index is 13.4. The summed E-state index contributed by atoms with van der Waals surface area (Å²) < 4.78 is 11.1. The van der Waals surface area contributed by atoms with Crippen molar-refractivity contribution in [2.45, 2.75) is 175 Å². The molecule has 0 aliphatic carbocycles. The average Bonchev–Trinajstić information content (AvgIpc) is 2.83. The monoisotopic (exact) mass is 627 g/mol. The van der Waals surface area contributed by atoms with Gasteiger partial charge in [-0.15, -0.1) is 11.8 Å². The van der Waals surface area contributed by atoms with Gasteiger partial charge < -0.3 is 9.47 Å². The first-order chi connectivity index (χ1) is 18.7. The van der Waals surface area contributed by atoms with Crippen LogP contribution in [0, 0.1) is 43.3 Å². The van der Waals surface area contributed by atoms with Crippen molar-refractivity contribution in [3.63, 3.8) is 0 Å². The zero-order valence-electron chi connectivity index (χ0n) is 32.9. The van der Waals surface area contributed by atoms with Crippen LogP contribution < -0.4 is 0 Å². The SMILES string of the molecule is CCCOC(=O)C(C)(C)C(C)(C)C(C)(C)C(C)(C)C(C)(C)SC(C)(C)C(C)(C)C(C)(C)C(C)(C)C(C)(C)C(=O)OCCC. The maximum Gasteiger partial charge on any atom is 0.312 e. The third-order valence-electron chi connectivity index (χ3n) is 14.8. The number of esters is 2. The molecule has 0 bridgehead atoms. The molecule has 0 fully saturated rings. The van der Waals surface area contributed by atoms with Crippen LogP contribution in [-0.4, -0.2) is 34.6 Å². The maximum atomic E-state index is 13.4. The molecule has 256 valence electrons. The van der Waals surface area contributed by atoms with Crippen molar-refractivity contribution >= 4 is 23.7 Å². The smallest absolute Gasteiger partial charge is 0.312 e. The van der Waals surface area contributed by atoms with Crippen molar-refractivity contribution in [2.24, 2.45) is 43.3 Å². The van der Waals surface area contributed by atoms with E-state index in [-0.39, 0.29) is 53.9 Å². The van der Waals surface area contributed by atoms with E-state index in [0.717, 1.165) is 12.8 Å². The second-order valence-corrected chi connectivity index (χ2v) is 20.6. The molecule has 0 N–H and O–H groups in total. The summed E-state index contributed by atoms with van der Waals surface area (Å²) in [6.07, 6.45) is 1.63. The Kier molecular flexibility index (Phi) is 12.6. The molecule has 4 nitrogen and oxygen atoms in total. The van der Waals surface area contributed by atoms with E-state index in [1.165, 1.54) is 0 Å². The van der Waals surface area contributed by atoms with Crippen LogP contribution >= 0.6 is 11.8 Å². The fourth-order valence-corrected chi connectivity index (χ4v) is 9.08. The Morgan fingerprint density at radius 1 is 0.419 bits per heavy atom. The molecule has 0 rings (SSSR count). The molecule has 5 heteroatoms. The third kappa shape index (κ3) is 6.73. The van der Waals surface area contributed by atoms with Crippen LogP contribution in [0.25, 0.3) is 0 Å². The standard InChI is InChI=1S/C38H74O4S/c1-23-25-41-27(39)29(3,4)31(7,8)33(11,12)35(15,16)37(19,20)43-38(21,22)36(17,18)34(13,14)32(9,10)30(5,6)28(40)42-26-24-2/h23-26H2,1-22H3. The lowest BCUT2D eigenvalue weighted by Gasteiger charge is -2.65. The molecule has 0 aromatic heterocycles. The van der Waals surface area contributed by atoms with E-state index >= 15 is 0 Å². The van der Waals surface area contributed by atoms with E-state index < -0.39 is 10.8 Å². The lowest BCUT2D eigenvalue weighted by Crippen LogP contribution is -2.62. The van der Waals surface area contributed by atoms with Crippen LogP contribution in [0.3, 0.4) is 0 Å². The molecular formula is C38H74O4S. The minimum atomic E-state index is -0.678. The Morgan fingerprint density at radius 2 is 0.651 bits per heavy atom. The molecule has 0 amide bonds. The van der Waals surface area contributed by atoms with Crippen LogP contribution in [0.4, 0.5) is 0 Å². The molecule has 0 heterocycles. The lowest BCUT2D eigenvalue weighted by molar-refractivity contribution is -0.176. The Morgan fingerprint density at radius 3 is 0.860 bits per heavy atom.